The summed E-state index contributed by atoms with van der Waals surface area (Å²) in [4.78, 5) is 29.2. The summed E-state index contributed by atoms with van der Waals surface area (Å²) >= 11 is 13.4. The van der Waals surface area contributed by atoms with Crippen molar-refractivity contribution in [3.8, 4) is 5.75 Å². The van der Waals surface area contributed by atoms with Crippen molar-refractivity contribution in [1.82, 2.24) is 14.6 Å². The molecule has 33 heavy (non-hydrogen) atoms. The predicted octanol–water partition coefficient (Wildman–Crippen LogP) is 6.03. The second kappa shape index (κ2) is 11.1. The Hall–Kier alpha value is -1.83. The van der Waals surface area contributed by atoms with E-state index >= 15 is 0 Å². The highest BCUT2D eigenvalue weighted by Gasteiger charge is 2.40. The van der Waals surface area contributed by atoms with Gasteiger partial charge in [0.2, 0.25) is 5.91 Å². The molecule has 1 atom stereocenters. The first-order chi connectivity index (χ1) is 16.0. The van der Waals surface area contributed by atoms with Crippen molar-refractivity contribution in [3.05, 3.63) is 44.9 Å². The van der Waals surface area contributed by atoms with Crippen LogP contribution in [0.25, 0.3) is 0 Å². The molecule has 0 saturated heterocycles. The van der Waals surface area contributed by atoms with Crippen LogP contribution in [0.4, 0.5) is 0 Å². The van der Waals surface area contributed by atoms with Gasteiger partial charge in [0.05, 0.1) is 6.61 Å². The first-order valence-electron chi connectivity index (χ1n) is 11.7. The van der Waals surface area contributed by atoms with Crippen LogP contribution in [0.15, 0.2) is 24.3 Å². The lowest BCUT2D eigenvalue weighted by atomic mass is 9.99. The smallest absolute Gasteiger partial charge is 0.276 e. The molecule has 4 rings (SSSR count). The molecule has 1 aromatic heterocycles. The molecule has 1 heterocycles. The molecule has 2 saturated carbocycles. The number of carbonyl (C=O) groups is 2. The first kappa shape index (κ1) is 24.3. The molecular formula is C24H29Cl2N3O3S. The maximum Gasteiger partial charge on any atom is 0.276 e. The van der Waals surface area contributed by atoms with Crippen LogP contribution < -0.4 is 10.1 Å². The van der Waals surface area contributed by atoms with Crippen molar-refractivity contribution < 1.29 is 14.3 Å². The van der Waals surface area contributed by atoms with Crippen molar-refractivity contribution in [1.29, 1.82) is 0 Å². The quantitative estimate of drug-likeness (QED) is 0.471. The number of hydrogen-bond acceptors (Lipinski definition) is 5. The van der Waals surface area contributed by atoms with E-state index in [4.69, 9.17) is 27.9 Å². The van der Waals surface area contributed by atoms with Gasteiger partial charge in [0.25, 0.3) is 5.91 Å². The van der Waals surface area contributed by atoms with Gasteiger partial charge in [-0.2, -0.15) is 4.37 Å². The fourth-order valence-corrected chi connectivity index (χ4v) is 5.88. The zero-order valence-electron chi connectivity index (χ0n) is 18.7. The largest absolute Gasteiger partial charge is 0.494 e. The van der Waals surface area contributed by atoms with E-state index in [0.29, 0.717) is 6.61 Å². The van der Waals surface area contributed by atoms with Gasteiger partial charge in [-0.1, -0.05) is 61.0 Å². The molecule has 0 aliphatic heterocycles. The number of rotatable bonds is 8. The maximum absolute atomic E-state index is 13.8. The predicted molar refractivity (Wildman–Crippen MR) is 131 cm³/mol. The molecule has 0 spiro atoms. The number of aromatic nitrogens is 1. The van der Waals surface area contributed by atoms with E-state index in [-0.39, 0.29) is 39.0 Å². The Morgan fingerprint density at radius 1 is 1.12 bits per heavy atom. The zero-order chi connectivity index (χ0) is 23.4. The highest BCUT2D eigenvalue weighted by Crippen LogP contribution is 2.37. The summed E-state index contributed by atoms with van der Waals surface area (Å²) in [5.41, 5.74) is 0.856. The van der Waals surface area contributed by atoms with Crippen molar-refractivity contribution in [2.45, 2.75) is 76.4 Å². The third kappa shape index (κ3) is 5.47. The van der Waals surface area contributed by atoms with Crippen LogP contribution in [0.1, 0.15) is 80.4 Å². The maximum atomic E-state index is 13.8. The summed E-state index contributed by atoms with van der Waals surface area (Å²) in [5.74, 6) is 0.212. The van der Waals surface area contributed by atoms with Gasteiger partial charge in [-0.05, 0) is 61.8 Å². The molecule has 1 N–H and O–H groups in total. The topological polar surface area (TPSA) is 71.5 Å². The van der Waals surface area contributed by atoms with E-state index < -0.39 is 6.04 Å². The zero-order valence-corrected chi connectivity index (χ0v) is 21.0. The number of hydrogen-bond donors (Lipinski definition) is 1. The minimum atomic E-state index is -0.784. The highest BCUT2D eigenvalue weighted by atomic mass is 35.5. The SMILES string of the molecule is CCOc1ccc([C@H](C(=O)NC2CCCC2)N(C(=O)c2nsc(Cl)c2Cl)C2CCCC2)cc1. The summed E-state index contributed by atoms with van der Waals surface area (Å²) < 4.78 is 10.1. The number of benzene rings is 1. The van der Waals surface area contributed by atoms with Crippen molar-refractivity contribution >= 4 is 46.5 Å². The summed E-state index contributed by atoms with van der Waals surface area (Å²) in [7, 11) is 0. The Kier molecular flexibility index (Phi) is 8.15. The van der Waals surface area contributed by atoms with Gasteiger partial charge in [-0.3, -0.25) is 9.59 Å². The summed E-state index contributed by atoms with van der Waals surface area (Å²) in [6.07, 6.45) is 7.85. The van der Waals surface area contributed by atoms with Crippen LogP contribution in [0.2, 0.25) is 9.36 Å². The van der Waals surface area contributed by atoms with Gasteiger partial charge in [-0.25, -0.2) is 0 Å². The molecule has 0 bridgehead atoms. The number of ether oxygens (including phenoxy) is 1. The standard InChI is InChI=1S/C24H29Cl2N3O3S/c1-2-32-18-13-11-15(12-14-18)21(23(30)27-16-7-3-4-8-16)29(17-9-5-6-10-17)24(31)20-19(25)22(26)33-28-20/h11-14,16-17,21H,2-10H2,1H3,(H,27,30)/t21-/m1/s1. The number of halogens is 2. The van der Waals surface area contributed by atoms with Crippen LogP contribution in [0.3, 0.4) is 0 Å². The van der Waals surface area contributed by atoms with E-state index in [1.54, 1.807) is 4.90 Å². The normalized spacial score (nSPS) is 17.8. The van der Waals surface area contributed by atoms with E-state index in [9.17, 15) is 9.59 Å². The minimum absolute atomic E-state index is 0.0695. The second-order valence-corrected chi connectivity index (χ2v) is 10.4. The average Bonchev–Trinajstić information content (AvgIpc) is 3.57. The average molecular weight is 510 g/mol. The molecule has 2 aliphatic carbocycles. The molecule has 6 nitrogen and oxygen atoms in total. The lowest BCUT2D eigenvalue weighted by Crippen LogP contribution is -2.49. The van der Waals surface area contributed by atoms with Crippen LogP contribution >= 0.6 is 34.7 Å². The van der Waals surface area contributed by atoms with Crippen LogP contribution in [-0.2, 0) is 4.79 Å². The van der Waals surface area contributed by atoms with Crippen LogP contribution in [0.5, 0.6) is 5.75 Å². The Labute approximate surface area is 208 Å². The van der Waals surface area contributed by atoms with Gasteiger partial charge < -0.3 is 15.0 Å². The van der Waals surface area contributed by atoms with E-state index in [2.05, 4.69) is 9.69 Å². The molecule has 0 unspecified atom stereocenters. The number of carbonyl (C=O) groups excluding carboxylic acids is 2. The Morgan fingerprint density at radius 2 is 1.76 bits per heavy atom. The number of amides is 2. The molecular weight excluding hydrogens is 481 g/mol. The molecule has 178 valence electrons. The summed E-state index contributed by atoms with van der Waals surface area (Å²) in [6.45, 7) is 2.48. The number of nitrogens with zero attached hydrogens (tertiary/aromatic N) is 2. The molecule has 2 aromatic rings. The Morgan fingerprint density at radius 3 is 2.33 bits per heavy atom. The minimum Gasteiger partial charge on any atom is -0.494 e. The van der Waals surface area contributed by atoms with Crippen LogP contribution in [0, 0.1) is 0 Å². The monoisotopic (exact) mass is 509 g/mol. The van der Waals surface area contributed by atoms with Gasteiger partial charge >= 0.3 is 0 Å². The summed E-state index contributed by atoms with van der Waals surface area (Å²) in [6, 6.07) is 6.72. The fraction of sp³-hybridized carbons (Fsp3) is 0.542. The molecule has 0 radical (unpaired) electrons. The molecule has 9 heteroatoms. The van der Waals surface area contributed by atoms with Gasteiger partial charge in [-0.15, -0.1) is 0 Å². The summed E-state index contributed by atoms with van der Waals surface area (Å²) in [5, 5.41) is 3.36. The molecule has 2 aliphatic rings. The third-order valence-electron chi connectivity index (χ3n) is 6.49. The number of nitrogens with one attached hydrogen (secondary N) is 1. The van der Waals surface area contributed by atoms with Crippen molar-refractivity contribution in [2.75, 3.05) is 6.61 Å². The first-order valence-corrected chi connectivity index (χ1v) is 13.2. The van der Waals surface area contributed by atoms with Crippen LogP contribution in [-0.4, -0.2) is 39.8 Å². The van der Waals surface area contributed by atoms with E-state index in [1.807, 2.05) is 31.2 Å². The van der Waals surface area contributed by atoms with Crippen molar-refractivity contribution in [3.63, 3.8) is 0 Å². The lowest BCUT2D eigenvalue weighted by molar-refractivity contribution is -0.127. The second-order valence-electron chi connectivity index (χ2n) is 8.66. The van der Waals surface area contributed by atoms with Crippen molar-refractivity contribution in [2.24, 2.45) is 0 Å². The Balaban J connectivity index is 1.73. The van der Waals surface area contributed by atoms with Gasteiger partial charge in [0.15, 0.2) is 5.69 Å². The lowest BCUT2D eigenvalue weighted by Gasteiger charge is -2.36. The third-order valence-corrected chi connectivity index (χ3v) is 8.10. The van der Waals surface area contributed by atoms with E-state index in [1.165, 1.54) is 0 Å². The molecule has 2 fully saturated rings. The Bertz CT molecular complexity index is 970. The molecule has 2 amide bonds. The van der Waals surface area contributed by atoms with Gasteiger partial charge in [0.1, 0.15) is 21.2 Å². The molecule has 1 aromatic carbocycles. The fourth-order valence-electron chi connectivity index (χ4n) is 4.89. The van der Waals surface area contributed by atoms with E-state index in [0.717, 1.165) is 74.2 Å². The van der Waals surface area contributed by atoms with Gasteiger partial charge in [0, 0.05) is 12.1 Å². The highest BCUT2D eigenvalue weighted by molar-refractivity contribution is 7.11.